The smallest absolute Gasteiger partial charge is 0.318 e. The minimum atomic E-state index is -0.219. The summed E-state index contributed by atoms with van der Waals surface area (Å²) in [5.41, 5.74) is 0. The molecule has 7 heteroatoms. The van der Waals surface area contributed by atoms with Gasteiger partial charge in [0.05, 0.1) is 31.7 Å². The average molecular weight is 343 g/mol. The number of hydrogen-bond acceptors (Lipinski definition) is 4. The van der Waals surface area contributed by atoms with E-state index in [9.17, 15) is 9.59 Å². The van der Waals surface area contributed by atoms with Crippen LogP contribution in [-0.2, 0) is 17.9 Å². The summed E-state index contributed by atoms with van der Waals surface area (Å²) in [4.78, 5) is 28.3. The average Bonchev–Trinajstić information content (AvgIpc) is 2.99. The largest absolute Gasteiger partial charge is 0.467 e. The molecule has 0 aromatic carbocycles. The third-order valence-corrected chi connectivity index (χ3v) is 4.61. The fourth-order valence-electron chi connectivity index (χ4n) is 3.21. The fraction of sp³-hybridized carbons (Fsp3) is 0.444. The Hall–Kier alpha value is -2.70. The molecular formula is C18H21N3O4. The fourth-order valence-corrected chi connectivity index (χ4v) is 3.21. The Kier molecular flexibility index (Phi) is 4.21. The zero-order chi connectivity index (χ0) is 17.2. The number of furan rings is 2. The number of carbonyl (C=O) groups excluding carboxylic acids is 2. The minimum absolute atomic E-state index is 0.136. The molecule has 0 unspecified atom stereocenters. The second kappa shape index (κ2) is 6.66. The molecule has 1 atom stereocenters. The quantitative estimate of drug-likeness (QED) is 0.873. The summed E-state index contributed by atoms with van der Waals surface area (Å²) in [5.74, 6) is 1.53. The van der Waals surface area contributed by atoms with E-state index in [0.29, 0.717) is 43.6 Å². The van der Waals surface area contributed by atoms with E-state index in [1.165, 1.54) is 0 Å². The van der Waals surface area contributed by atoms with Crippen molar-refractivity contribution in [1.82, 2.24) is 15.1 Å². The Morgan fingerprint density at radius 3 is 2.32 bits per heavy atom. The van der Waals surface area contributed by atoms with Gasteiger partial charge in [0.25, 0.3) is 0 Å². The molecule has 0 radical (unpaired) electrons. The van der Waals surface area contributed by atoms with E-state index in [2.05, 4.69) is 5.32 Å². The van der Waals surface area contributed by atoms with Crippen LogP contribution in [0.3, 0.4) is 0 Å². The maximum atomic E-state index is 12.8. The summed E-state index contributed by atoms with van der Waals surface area (Å²) >= 11 is 0. The number of nitrogens with one attached hydrogen (secondary N) is 1. The lowest BCUT2D eigenvalue weighted by atomic mass is 10.2. The van der Waals surface area contributed by atoms with Gasteiger partial charge in [0.1, 0.15) is 11.5 Å². The van der Waals surface area contributed by atoms with Gasteiger partial charge in [-0.3, -0.25) is 4.79 Å². The van der Waals surface area contributed by atoms with E-state index in [0.717, 1.165) is 12.8 Å². The second-order valence-electron chi connectivity index (χ2n) is 6.64. The highest BCUT2D eigenvalue weighted by Gasteiger charge is 2.40. The standard InChI is InChI=1S/C18H21N3O4/c22-17-9-13(10-21(17)14-5-6-14)19-18(23)20(11-15-3-1-7-24-15)12-16-4-2-8-25-16/h1-4,7-8,13-14H,5-6,9-12H2,(H,19,23)/t13-/m0/s1. The van der Waals surface area contributed by atoms with Crippen LogP contribution in [0.4, 0.5) is 4.79 Å². The van der Waals surface area contributed by atoms with Crippen LogP contribution in [-0.4, -0.2) is 40.4 Å². The SMILES string of the molecule is O=C(N[C@H]1CC(=O)N(C2CC2)C1)N(Cc1ccco1)Cc1ccco1. The number of rotatable bonds is 6. The highest BCUT2D eigenvalue weighted by Crippen LogP contribution is 2.30. The third kappa shape index (κ3) is 3.70. The summed E-state index contributed by atoms with van der Waals surface area (Å²) in [6.07, 6.45) is 5.70. The maximum Gasteiger partial charge on any atom is 0.318 e. The lowest BCUT2D eigenvalue weighted by molar-refractivity contribution is -0.128. The van der Waals surface area contributed by atoms with Gasteiger partial charge in [-0.2, -0.15) is 0 Å². The molecule has 1 saturated heterocycles. The van der Waals surface area contributed by atoms with Crippen LogP contribution in [0.25, 0.3) is 0 Å². The van der Waals surface area contributed by atoms with Crippen molar-refractivity contribution < 1.29 is 18.4 Å². The molecule has 4 rings (SSSR count). The predicted molar refractivity (Wildman–Crippen MR) is 88.3 cm³/mol. The van der Waals surface area contributed by atoms with Crippen molar-refractivity contribution in [2.24, 2.45) is 0 Å². The van der Waals surface area contributed by atoms with Crippen LogP contribution in [0, 0.1) is 0 Å². The predicted octanol–water partition coefficient (Wildman–Crippen LogP) is 2.35. The number of nitrogens with zero attached hydrogens (tertiary/aromatic N) is 2. The van der Waals surface area contributed by atoms with Gasteiger partial charge in [-0.25, -0.2) is 4.79 Å². The molecule has 2 fully saturated rings. The van der Waals surface area contributed by atoms with Crippen molar-refractivity contribution in [2.45, 2.75) is 44.4 Å². The molecule has 1 aliphatic carbocycles. The first kappa shape index (κ1) is 15.8. The van der Waals surface area contributed by atoms with Crippen molar-refractivity contribution >= 4 is 11.9 Å². The van der Waals surface area contributed by atoms with Gasteiger partial charge >= 0.3 is 6.03 Å². The van der Waals surface area contributed by atoms with Crippen molar-refractivity contribution in [1.29, 1.82) is 0 Å². The third-order valence-electron chi connectivity index (χ3n) is 4.61. The lowest BCUT2D eigenvalue weighted by Crippen LogP contribution is -2.45. The lowest BCUT2D eigenvalue weighted by Gasteiger charge is -2.23. The summed E-state index contributed by atoms with van der Waals surface area (Å²) in [5, 5.41) is 2.99. The Labute approximate surface area is 145 Å². The number of likely N-dealkylation sites (tertiary alicyclic amines) is 1. The monoisotopic (exact) mass is 343 g/mol. The van der Waals surface area contributed by atoms with Crippen molar-refractivity contribution in [3.8, 4) is 0 Å². The molecule has 2 aromatic rings. The maximum absolute atomic E-state index is 12.8. The Morgan fingerprint density at radius 1 is 1.16 bits per heavy atom. The topological polar surface area (TPSA) is 78.9 Å². The molecule has 3 amide bonds. The van der Waals surface area contributed by atoms with E-state index in [1.54, 1.807) is 29.6 Å². The Balaban J connectivity index is 1.40. The van der Waals surface area contributed by atoms with Gasteiger partial charge in [-0.1, -0.05) is 0 Å². The number of amides is 3. The summed E-state index contributed by atoms with van der Waals surface area (Å²) in [6, 6.07) is 7.27. The van der Waals surface area contributed by atoms with Gasteiger partial charge in [-0.05, 0) is 37.1 Å². The van der Waals surface area contributed by atoms with Crippen molar-refractivity contribution in [3.63, 3.8) is 0 Å². The second-order valence-corrected chi connectivity index (χ2v) is 6.64. The zero-order valence-corrected chi connectivity index (χ0v) is 13.9. The van der Waals surface area contributed by atoms with Gasteiger partial charge in [-0.15, -0.1) is 0 Å². The van der Waals surface area contributed by atoms with Crippen LogP contribution < -0.4 is 5.32 Å². The van der Waals surface area contributed by atoms with Gasteiger partial charge in [0.15, 0.2) is 0 Å². The molecule has 0 spiro atoms. The number of hydrogen-bond donors (Lipinski definition) is 1. The molecule has 132 valence electrons. The molecule has 25 heavy (non-hydrogen) atoms. The highest BCUT2D eigenvalue weighted by molar-refractivity contribution is 5.82. The molecule has 2 aliphatic rings. The molecule has 1 saturated carbocycles. The Bertz CT molecular complexity index is 685. The number of urea groups is 1. The van der Waals surface area contributed by atoms with Crippen LogP contribution in [0.2, 0.25) is 0 Å². The van der Waals surface area contributed by atoms with Crippen LogP contribution in [0.1, 0.15) is 30.8 Å². The molecule has 2 aromatic heterocycles. The van der Waals surface area contributed by atoms with Gasteiger partial charge in [0.2, 0.25) is 5.91 Å². The summed E-state index contributed by atoms with van der Waals surface area (Å²) < 4.78 is 10.7. The van der Waals surface area contributed by atoms with Crippen LogP contribution in [0.5, 0.6) is 0 Å². The van der Waals surface area contributed by atoms with E-state index in [1.807, 2.05) is 17.0 Å². The first-order chi connectivity index (χ1) is 12.2. The first-order valence-corrected chi connectivity index (χ1v) is 8.59. The molecular weight excluding hydrogens is 322 g/mol. The molecule has 1 aliphatic heterocycles. The normalized spacial score (nSPS) is 20.1. The Morgan fingerprint density at radius 2 is 1.80 bits per heavy atom. The number of carbonyl (C=O) groups is 2. The van der Waals surface area contributed by atoms with E-state index in [4.69, 9.17) is 8.83 Å². The van der Waals surface area contributed by atoms with Gasteiger partial charge in [0, 0.05) is 19.0 Å². The zero-order valence-electron chi connectivity index (χ0n) is 13.9. The van der Waals surface area contributed by atoms with Crippen LogP contribution >= 0.6 is 0 Å². The minimum Gasteiger partial charge on any atom is -0.467 e. The summed E-state index contributed by atoms with van der Waals surface area (Å²) in [6.45, 7) is 1.28. The first-order valence-electron chi connectivity index (χ1n) is 8.59. The summed E-state index contributed by atoms with van der Waals surface area (Å²) in [7, 11) is 0. The van der Waals surface area contributed by atoms with E-state index in [-0.39, 0.29) is 18.0 Å². The van der Waals surface area contributed by atoms with Crippen molar-refractivity contribution in [3.05, 3.63) is 48.3 Å². The molecule has 1 N–H and O–H groups in total. The van der Waals surface area contributed by atoms with Crippen molar-refractivity contribution in [2.75, 3.05) is 6.54 Å². The molecule has 7 nitrogen and oxygen atoms in total. The molecule has 3 heterocycles. The van der Waals surface area contributed by atoms with E-state index >= 15 is 0 Å². The van der Waals surface area contributed by atoms with Crippen LogP contribution in [0.15, 0.2) is 45.6 Å². The van der Waals surface area contributed by atoms with E-state index < -0.39 is 0 Å². The molecule has 0 bridgehead atoms. The highest BCUT2D eigenvalue weighted by atomic mass is 16.3. The van der Waals surface area contributed by atoms with Gasteiger partial charge < -0.3 is 24.0 Å².